The van der Waals surface area contributed by atoms with E-state index in [1.807, 2.05) is 0 Å². The first-order chi connectivity index (χ1) is 11.0. The van der Waals surface area contributed by atoms with Crippen LogP contribution in [0.15, 0.2) is 6.07 Å². The van der Waals surface area contributed by atoms with Crippen LogP contribution in [-0.2, 0) is 16.2 Å². The zero-order chi connectivity index (χ0) is 17.7. The third kappa shape index (κ3) is 3.89. The van der Waals surface area contributed by atoms with Gasteiger partial charge in [-0.15, -0.1) is 0 Å². The molecule has 0 aliphatic heterocycles. The minimum absolute atomic E-state index is 0.107. The minimum atomic E-state index is -4.60. The van der Waals surface area contributed by atoms with Crippen molar-refractivity contribution in [2.45, 2.75) is 50.0 Å². The van der Waals surface area contributed by atoms with Gasteiger partial charge in [-0.2, -0.15) is 18.3 Å². The number of carbonyl (C=O) groups excluding carboxylic acids is 1. The average Bonchev–Trinajstić information content (AvgIpc) is 3.11. The summed E-state index contributed by atoms with van der Waals surface area (Å²) >= 11 is 0. The van der Waals surface area contributed by atoms with Crippen molar-refractivity contribution in [1.82, 2.24) is 19.8 Å². The molecule has 1 aromatic heterocycles. The Morgan fingerprint density at radius 1 is 1.29 bits per heavy atom. The zero-order valence-corrected chi connectivity index (χ0v) is 13.6. The average molecular weight is 366 g/mol. The van der Waals surface area contributed by atoms with E-state index in [1.54, 1.807) is 0 Å². The number of carbonyl (C=O) groups is 1. The fraction of sp³-hybridized carbons (Fsp3) is 0.692. The van der Waals surface area contributed by atoms with Crippen LogP contribution >= 0.6 is 0 Å². The van der Waals surface area contributed by atoms with Gasteiger partial charge in [0.2, 0.25) is 10.0 Å². The molecule has 11 heteroatoms. The van der Waals surface area contributed by atoms with Gasteiger partial charge >= 0.3 is 6.18 Å². The van der Waals surface area contributed by atoms with Gasteiger partial charge in [0.1, 0.15) is 5.69 Å². The summed E-state index contributed by atoms with van der Waals surface area (Å²) in [6, 6.07) is 0.0689. The Morgan fingerprint density at radius 3 is 2.42 bits per heavy atom. The van der Waals surface area contributed by atoms with Gasteiger partial charge in [0, 0.05) is 18.2 Å². The Bertz CT molecular complexity index is 749. The van der Waals surface area contributed by atoms with Crippen molar-refractivity contribution in [2.24, 2.45) is 0 Å². The van der Waals surface area contributed by atoms with Gasteiger partial charge in [0.25, 0.3) is 5.91 Å². The Labute approximate surface area is 136 Å². The second-order valence-corrected chi connectivity index (χ2v) is 8.10. The lowest BCUT2D eigenvalue weighted by molar-refractivity contribution is -0.141. The first-order valence-corrected chi connectivity index (χ1v) is 9.37. The van der Waals surface area contributed by atoms with E-state index in [-0.39, 0.29) is 23.8 Å². The Hall–Kier alpha value is -1.62. The van der Waals surface area contributed by atoms with Crippen LogP contribution in [0.4, 0.5) is 13.2 Å². The van der Waals surface area contributed by atoms with Crippen LogP contribution in [-0.4, -0.2) is 42.4 Å². The van der Waals surface area contributed by atoms with E-state index >= 15 is 0 Å². The van der Waals surface area contributed by atoms with Crippen LogP contribution in [0.2, 0.25) is 0 Å². The standard InChI is InChI=1S/C13H17F3N4O3S/c1-24(22,23)19-8-4-7(5-8)17-12(21)10-6-11(13(14,15)16)18-20(10)9-2-3-9/h6-9,19H,2-5H2,1H3,(H,17,21). The van der Waals surface area contributed by atoms with E-state index in [1.165, 1.54) is 0 Å². The van der Waals surface area contributed by atoms with Crippen molar-refractivity contribution < 1.29 is 26.4 Å². The maximum atomic E-state index is 12.8. The second kappa shape index (κ2) is 5.73. The summed E-state index contributed by atoms with van der Waals surface area (Å²) < 4.78 is 64.2. The van der Waals surface area contributed by atoms with Crippen LogP contribution in [0, 0.1) is 0 Å². The summed E-state index contributed by atoms with van der Waals surface area (Å²) in [5.74, 6) is -0.618. The highest BCUT2D eigenvalue weighted by molar-refractivity contribution is 7.88. The molecule has 0 bridgehead atoms. The molecule has 1 amide bonds. The van der Waals surface area contributed by atoms with Gasteiger partial charge in [-0.3, -0.25) is 9.48 Å². The summed E-state index contributed by atoms with van der Waals surface area (Å²) in [5, 5.41) is 6.15. The molecule has 2 fully saturated rings. The Balaban J connectivity index is 1.65. The number of rotatable bonds is 5. The van der Waals surface area contributed by atoms with Crippen LogP contribution in [0.1, 0.15) is 47.9 Å². The quantitative estimate of drug-likeness (QED) is 0.815. The zero-order valence-electron chi connectivity index (χ0n) is 12.8. The maximum absolute atomic E-state index is 12.8. The van der Waals surface area contributed by atoms with Gasteiger partial charge in [0.15, 0.2) is 5.69 Å². The predicted molar refractivity (Wildman–Crippen MR) is 77.8 cm³/mol. The molecule has 1 heterocycles. The van der Waals surface area contributed by atoms with E-state index in [4.69, 9.17) is 0 Å². The van der Waals surface area contributed by atoms with Crippen LogP contribution < -0.4 is 10.0 Å². The molecule has 0 radical (unpaired) electrons. The molecule has 2 N–H and O–H groups in total. The lowest BCUT2D eigenvalue weighted by Gasteiger charge is -2.35. The fourth-order valence-electron chi connectivity index (χ4n) is 2.69. The summed E-state index contributed by atoms with van der Waals surface area (Å²) in [4.78, 5) is 12.3. The molecule has 0 aromatic carbocycles. The fourth-order valence-corrected chi connectivity index (χ4v) is 3.49. The van der Waals surface area contributed by atoms with Gasteiger partial charge in [-0.05, 0) is 25.7 Å². The first-order valence-electron chi connectivity index (χ1n) is 7.48. The van der Waals surface area contributed by atoms with Crippen molar-refractivity contribution >= 4 is 15.9 Å². The highest BCUT2D eigenvalue weighted by Gasteiger charge is 2.39. The van der Waals surface area contributed by atoms with E-state index in [0.29, 0.717) is 25.7 Å². The molecule has 2 aliphatic carbocycles. The van der Waals surface area contributed by atoms with Crippen molar-refractivity contribution in [3.8, 4) is 0 Å². The van der Waals surface area contributed by atoms with Gasteiger partial charge in [-0.1, -0.05) is 0 Å². The number of alkyl halides is 3. The summed E-state index contributed by atoms with van der Waals surface area (Å²) in [5.41, 5.74) is -1.19. The number of hydrogen-bond donors (Lipinski definition) is 2. The summed E-state index contributed by atoms with van der Waals surface area (Å²) in [7, 11) is -3.31. The summed E-state index contributed by atoms with van der Waals surface area (Å²) in [6.07, 6.45) is -1.35. The van der Waals surface area contributed by atoms with Crippen molar-refractivity contribution in [3.63, 3.8) is 0 Å². The third-order valence-electron chi connectivity index (χ3n) is 4.01. The molecule has 3 rings (SSSR count). The largest absolute Gasteiger partial charge is 0.435 e. The van der Waals surface area contributed by atoms with Crippen LogP contribution in [0.3, 0.4) is 0 Å². The normalized spacial score (nSPS) is 24.5. The molecule has 7 nitrogen and oxygen atoms in total. The smallest absolute Gasteiger partial charge is 0.348 e. The molecule has 0 atom stereocenters. The number of nitrogens with zero attached hydrogens (tertiary/aromatic N) is 2. The van der Waals surface area contributed by atoms with Gasteiger partial charge < -0.3 is 5.32 Å². The lowest BCUT2D eigenvalue weighted by atomic mass is 9.87. The maximum Gasteiger partial charge on any atom is 0.435 e. The third-order valence-corrected chi connectivity index (χ3v) is 4.77. The Kier molecular flexibility index (Phi) is 4.11. The molecule has 0 spiro atoms. The number of halogens is 3. The highest BCUT2D eigenvalue weighted by Crippen LogP contribution is 2.38. The predicted octanol–water partition coefficient (Wildman–Crippen LogP) is 1.05. The number of amides is 1. The molecular weight excluding hydrogens is 349 g/mol. The topological polar surface area (TPSA) is 93.1 Å². The van der Waals surface area contributed by atoms with Crippen molar-refractivity contribution in [3.05, 3.63) is 17.5 Å². The van der Waals surface area contributed by atoms with Crippen LogP contribution in [0.5, 0.6) is 0 Å². The highest BCUT2D eigenvalue weighted by atomic mass is 32.2. The van der Waals surface area contributed by atoms with Gasteiger partial charge in [0.05, 0.1) is 12.3 Å². The number of nitrogens with one attached hydrogen (secondary N) is 2. The monoisotopic (exact) mass is 366 g/mol. The van der Waals surface area contributed by atoms with E-state index in [2.05, 4.69) is 15.1 Å². The van der Waals surface area contributed by atoms with Crippen LogP contribution in [0.25, 0.3) is 0 Å². The number of aromatic nitrogens is 2. The molecule has 0 saturated heterocycles. The second-order valence-electron chi connectivity index (χ2n) is 6.32. The molecule has 1 aromatic rings. The number of sulfonamides is 1. The molecule has 134 valence electrons. The van der Waals surface area contributed by atoms with Gasteiger partial charge in [-0.25, -0.2) is 13.1 Å². The van der Waals surface area contributed by atoms with E-state index in [0.717, 1.165) is 17.0 Å². The minimum Gasteiger partial charge on any atom is -0.348 e. The molecular formula is C13H17F3N4O3S. The molecule has 2 aliphatic rings. The Morgan fingerprint density at radius 2 is 1.92 bits per heavy atom. The SMILES string of the molecule is CS(=O)(=O)NC1CC(NC(=O)c2cc(C(F)(F)F)nn2C2CC2)C1. The first kappa shape index (κ1) is 17.2. The number of hydrogen-bond acceptors (Lipinski definition) is 4. The molecule has 24 heavy (non-hydrogen) atoms. The van der Waals surface area contributed by atoms with E-state index in [9.17, 15) is 26.4 Å². The van der Waals surface area contributed by atoms with E-state index < -0.39 is 27.8 Å². The van der Waals surface area contributed by atoms with Crippen molar-refractivity contribution in [2.75, 3.05) is 6.26 Å². The molecule has 2 saturated carbocycles. The van der Waals surface area contributed by atoms with Crippen molar-refractivity contribution in [1.29, 1.82) is 0 Å². The molecule has 0 unspecified atom stereocenters. The summed E-state index contributed by atoms with van der Waals surface area (Å²) in [6.45, 7) is 0. The lowest BCUT2D eigenvalue weighted by Crippen LogP contribution is -2.53.